The molecule has 4 aromatic heterocycles. The third kappa shape index (κ3) is 15.8. The molecule has 8 aromatic rings. The van der Waals surface area contributed by atoms with Crippen LogP contribution in [0.4, 0.5) is 117 Å². The van der Waals surface area contributed by atoms with E-state index in [9.17, 15) is 46.0 Å². The first-order valence-corrected chi connectivity index (χ1v) is 22.9. The van der Waals surface area contributed by atoms with Gasteiger partial charge in [0.05, 0.1) is 38.0 Å². The Kier molecular flexibility index (Phi) is 18.5. The summed E-state index contributed by atoms with van der Waals surface area (Å²) in [7, 11) is 1.00. The number of alkyl halides is 6. The number of H-pyrrole nitrogens is 2. The normalized spacial score (nSPS) is 10.9. The van der Waals surface area contributed by atoms with E-state index in [-0.39, 0.29) is 40.5 Å². The van der Waals surface area contributed by atoms with Crippen LogP contribution in [0.5, 0.6) is 0 Å². The summed E-state index contributed by atoms with van der Waals surface area (Å²) < 4.78 is 78.6. The van der Waals surface area contributed by atoms with Crippen LogP contribution < -0.4 is 48.3 Å². The Balaban J connectivity index is 0.000000245. The summed E-state index contributed by atoms with van der Waals surface area (Å²) in [6.45, 7) is 7.21. The Bertz CT molecular complexity index is 3470. The Morgan fingerprint density at radius 3 is 1.37 bits per heavy atom. The molecule has 0 aliphatic carbocycles. The number of hydrogen-bond donors (Lipinski definition) is 12. The van der Waals surface area contributed by atoms with Crippen molar-refractivity contribution in [2.75, 3.05) is 55.4 Å². The smallest absolute Gasteiger partial charge is 0.400 e. The third-order valence-corrected chi connectivity index (χ3v) is 10.9. The quantitative estimate of drug-likeness (QED) is 0.0290. The van der Waals surface area contributed by atoms with Crippen LogP contribution in [-0.4, -0.2) is 69.5 Å². The minimum absolute atomic E-state index is 0.0147. The van der Waals surface area contributed by atoms with Gasteiger partial charge < -0.3 is 53.4 Å². The molecule has 0 aliphatic heterocycles. The topological polar surface area (TPSA) is 329 Å². The number of nitro groups is 1. The summed E-state index contributed by atoms with van der Waals surface area (Å²) >= 11 is 11.2. The largest absolute Gasteiger partial charge is 0.417 e. The predicted octanol–water partition coefficient (Wildman–Crippen LogP) is 12.3. The van der Waals surface area contributed by atoms with Crippen LogP contribution in [0.25, 0.3) is 0 Å². The lowest BCUT2D eigenvalue weighted by Crippen LogP contribution is -2.20. The molecule has 0 saturated heterocycles. The van der Waals surface area contributed by atoms with Gasteiger partial charge in [-0.05, 0) is 99.5 Å². The molecule has 0 aliphatic rings. The summed E-state index contributed by atoms with van der Waals surface area (Å²) in [5.74, 6) is 1.34. The molecular weight excluding hydrogens is 1080 g/mol. The number of aryl methyl sites for hydroxylation is 4. The molecule has 0 fully saturated rings. The number of nitrogens with one attached hydrogen (secondary N) is 10. The summed E-state index contributed by atoms with van der Waals surface area (Å²) in [5.41, 5.74) is 8.42. The fourth-order valence-corrected chi connectivity index (χ4v) is 7.01. The molecule has 0 atom stereocenters. The molecule has 4 amide bonds. The molecule has 0 unspecified atom stereocenters. The van der Waals surface area contributed by atoms with Crippen molar-refractivity contribution in [3.05, 3.63) is 151 Å². The minimum atomic E-state index is -4.69. The molecule has 8 rings (SSSR count). The van der Waals surface area contributed by atoms with Crippen molar-refractivity contribution in [3.8, 4) is 0 Å². The van der Waals surface area contributed by atoms with E-state index in [0.29, 0.717) is 45.8 Å². The number of urea groups is 2. The fourth-order valence-electron chi connectivity index (χ4n) is 6.56. The second-order valence-electron chi connectivity index (χ2n) is 16.2. The number of hydrogen-bond acceptors (Lipinski definition) is 16. The maximum atomic E-state index is 13.1. The number of amides is 4. The average molecular weight is 1130 g/mol. The molecule has 408 valence electrons. The molecule has 31 heteroatoms. The van der Waals surface area contributed by atoms with Gasteiger partial charge in [0.1, 0.15) is 6.20 Å². The number of aromatic amines is 2. The van der Waals surface area contributed by atoms with Crippen molar-refractivity contribution in [1.29, 1.82) is 0 Å². The second-order valence-corrected chi connectivity index (χ2v) is 17.0. The molecule has 4 aromatic carbocycles. The van der Waals surface area contributed by atoms with E-state index in [1.165, 1.54) is 24.4 Å². The van der Waals surface area contributed by atoms with Crippen LogP contribution in [0.2, 0.25) is 10.0 Å². The number of halogens is 8. The summed E-state index contributed by atoms with van der Waals surface area (Å²) in [4.78, 5) is 52.4. The standard InChI is InChI=1S/C23H19ClF3N9O3.C23H21ClF3N9O.CH4O/c1-11-3-4-14(30-22(37)29-13-5-6-16(24)15(8-13)23(25,26)27)9-17(11)31-21-28-10-18(36(38)39)20(33-21)32-19-7-12(2)34-35-19;1-11-3-4-14(31-22(37)30-13-5-6-16(24)15(8-13)23(25,26)27)9-18(11)32-21-29-10-17(28)20(34-21)33-19-7-12(2)35-36-19;1-2/h3-10H,1-2H3,(H2,29,30,37)(H3,28,31,32,33,34,35);3-10H,28H2,1-2H3,(H2,30,31,37)(H3,29,32,33,34,35,36);2H,1H3. The SMILES string of the molecule is CO.Cc1cc(Nc2nc(Nc3cc(NC(=O)Nc4ccc(Cl)c(C(F)(F)F)c4)ccc3C)ncc2N)n[nH]1.Cc1cc(Nc2nc(Nc3cc(NC(=O)Nc4ccc(Cl)c(C(F)(F)F)c4)ccc3C)ncc2[N+](=O)[O-])n[nH]1. The van der Waals surface area contributed by atoms with Crippen LogP contribution in [-0.2, 0) is 12.4 Å². The zero-order valence-corrected chi connectivity index (χ0v) is 42.6. The Morgan fingerprint density at radius 2 is 0.974 bits per heavy atom. The summed E-state index contributed by atoms with van der Waals surface area (Å²) in [6.07, 6.45) is -6.87. The van der Waals surface area contributed by atoms with E-state index in [0.717, 1.165) is 54.5 Å². The first kappa shape index (κ1) is 57.8. The van der Waals surface area contributed by atoms with Crippen molar-refractivity contribution in [1.82, 2.24) is 40.3 Å². The maximum absolute atomic E-state index is 13.1. The highest BCUT2D eigenvalue weighted by Gasteiger charge is 2.34. The number of aliphatic hydroxyl groups excluding tert-OH is 1. The van der Waals surface area contributed by atoms with Gasteiger partial charge in [0.25, 0.3) is 0 Å². The third-order valence-electron chi connectivity index (χ3n) is 10.2. The van der Waals surface area contributed by atoms with E-state index in [1.54, 1.807) is 56.3 Å². The van der Waals surface area contributed by atoms with Crippen molar-refractivity contribution in [2.45, 2.75) is 40.0 Å². The van der Waals surface area contributed by atoms with Gasteiger partial charge in [0.15, 0.2) is 17.5 Å². The molecular formula is C47H44Cl2F6N18O5. The Hall–Kier alpha value is -9.48. The van der Waals surface area contributed by atoms with Crippen LogP contribution >= 0.6 is 23.2 Å². The second kappa shape index (κ2) is 24.9. The lowest BCUT2D eigenvalue weighted by Gasteiger charge is -2.14. The monoisotopic (exact) mass is 1120 g/mol. The minimum Gasteiger partial charge on any atom is -0.400 e. The number of anilines is 13. The molecule has 0 radical (unpaired) electrons. The van der Waals surface area contributed by atoms with Gasteiger partial charge in [-0.25, -0.2) is 19.6 Å². The van der Waals surface area contributed by atoms with Crippen LogP contribution in [0.3, 0.4) is 0 Å². The van der Waals surface area contributed by atoms with Gasteiger partial charge in [0.2, 0.25) is 17.7 Å². The number of aliphatic hydroxyl groups is 1. The number of carbonyl (C=O) groups is 2. The molecule has 0 bridgehead atoms. The van der Waals surface area contributed by atoms with Gasteiger partial charge in [-0.2, -0.15) is 46.5 Å². The molecule has 13 N–H and O–H groups in total. The van der Waals surface area contributed by atoms with Gasteiger partial charge in [0, 0.05) is 64.8 Å². The molecule has 4 heterocycles. The van der Waals surface area contributed by atoms with Gasteiger partial charge in [-0.3, -0.25) is 20.3 Å². The van der Waals surface area contributed by atoms with Crippen molar-refractivity contribution >= 4 is 116 Å². The van der Waals surface area contributed by atoms with E-state index in [4.69, 9.17) is 34.0 Å². The highest BCUT2D eigenvalue weighted by molar-refractivity contribution is 6.32. The van der Waals surface area contributed by atoms with Crippen molar-refractivity contribution in [3.63, 3.8) is 0 Å². The van der Waals surface area contributed by atoms with E-state index < -0.39 is 50.5 Å². The molecule has 0 spiro atoms. The van der Waals surface area contributed by atoms with Gasteiger partial charge in [-0.1, -0.05) is 35.3 Å². The highest BCUT2D eigenvalue weighted by Crippen LogP contribution is 2.38. The number of benzene rings is 4. The van der Waals surface area contributed by atoms with E-state index >= 15 is 0 Å². The highest BCUT2D eigenvalue weighted by atomic mass is 35.5. The summed E-state index contributed by atoms with van der Waals surface area (Å²) in [6, 6.07) is 17.8. The molecule has 23 nitrogen and oxygen atoms in total. The maximum Gasteiger partial charge on any atom is 0.417 e. The van der Waals surface area contributed by atoms with Crippen LogP contribution in [0.1, 0.15) is 33.6 Å². The first-order valence-electron chi connectivity index (χ1n) is 22.2. The predicted molar refractivity (Wildman–Crippen MR) is 284 cm³/mol. The zero-order valence-electron chi connectivity index (χ0n) is 41.0. The lowest BCUT2D eigenvalue weighted by molar-refractivity contribution is -0.384. The summed E-state index contributed by atoms with van der Waals surface area (Å²) in [5, 5.41) is 52.7. The van der Waals surface area contributed by atoms with Gasteiger partial charge in [-0.15, -0.1) is 0 Å². The zero-order chi connectivity index (χ0) is 57.1. The number of nitrogens with two attached hydrogens (primary N) is 1. The first-order chi connectivity index (χ1) is 36.9. The number of aromatic nitrogens is 8. The number of carbonyl (C=O) groups excluding carboxylic acids is 2. The average Bonchev–Trinajstić information content (AvgIpc) is 3.99. The molecule has 78 heavy (non-hydrogen) atoms. The number of rotatable bonds is 13. The molecule has 0 saturated carbocycles. The Labute approximate surface area is 447 Å². The van der Waals surface area contributed by atoms with Crippen molar-refractivity contribution in [2.24, 2.45) is 0 Å². The van der Waals surface area contributed by atoms with Gasteiger partial charge >= 0.3 is 30.1 Å². The van der Waals surface area contributed by atoms with Crippen molar-refractivity contribution < 1.29 is 46.0 Å². The van der Waals surface area contributed by atoms with E-state index in [2.05, 4.69) is 82.9 Å². The number of nitrogen functional groups attached to an aromatic ring is 1. The van der Waals surface area contributed by atoms with Crippen LogP contribution in [0.15, 0.2) is 97.3 Å². The Morgan fingerprint density at radius 1 is 0.590 bits per heavy atom. The number of nitrogens with zero attached hydrogens (tertiary/aromatic N) is 7. The van der Waals surface area contributed by atoms with Crippen LogP contribution in [0, 0.1) is 37.8 Å². The van der Waals surface area contributed by atoms with E-state index in [1.807, 2.05) is 13.8 Å². The fraction of sp³-hybridized carbons (Fsp3) is 0.149. The lowest BCUT2D eigenvalue weighted by atomic mass is 10.2.